The molecule has 2 rings (SSSR count). The van der Waals surface area contributed by atoms with Gasteiger partial charge in [0.05, 0.1) is 9.64 Å². The van der Waals surface area contributed by atoms with Gasteiger partial charge in [-0.15, -0.1) is 0 Å². The molecule has 182 valence electrons. The average Bonchev–Trinajstić information content (AvgIpc) is 2.71. The first kappa shape index (κ1) is 26.6. The van der Waals surface area contributed by atoms with E-state index in [0.29, 0.717) is 37.2 Å². The van der Waals surface area contributed by atoms with Gasteiger partial charge in [-0.1, -0.05) is 32.0 Å². The van der Waals surface area contributed by atoms with Gasteiger partial charge in [-0.3, -0.25) is 0 Å². The van der Waals surface area contributed by atoms with Crippen molar-refractivity contribution in [2.75, 3.05) is 19.6 Å². The smallest absolute Gasteiger partial charge is 0.455 e. The minimum Gasteiger partial charge on any atom is -0.455 e. The molecule has 1 aliphatic rings. The van der Waals surface area contributed by atoms with Gasteiger partial charge in [0.15, 0.2) is 9.84 Å². The normalized spacial score (nSPS) is 19.7. The van der Waals surface area contributed by atoms with Gasteiger partial charge in [-0.05, 0) is 70.7 Å². The number of alkyl halides is 3. The van der Waals surface area contributed by atoms with E-state index in [9.17, 15) is 26.4 Å². The Hall–Kier alpha value is -1.61. The Balaban J connectivity index is 1.96. The number of piperidine rings is 1. The lowest BCUT2D eigenvalue weighted by molar-refractivity contribution is -0.210. The van der Waals surface area contributed by atoms with Crippen molar-refractivity contribution in [3.05, 3.63) is 30.3 Å². The molecule has 0 amide bonds. The molecule has 2 unspecified atom stereocenters. The van der Waals surface area contributed by atoms with Crippen LogP contribution in [0.4, 0.5) is 13.2 Å². The van der Waals surface area contributed by atoms with E-state index in [-0.39, 0.29) is 11.8 Å². The second-order valence-corrected chi connectivity index (χ2v) is 12.1. The van der Waals surface area contributed by atoms with Crippen LogP contribution in [0.1, 0.15) is 53.4 Å². The molecule has 0 radical (unpaired) electrons. The molecular weight excluding hydrogens is 443 g/mol. The Morgan fingerprint density at radius 1 is 1.19 bits per heavy atom. The van der Waals surface area contributed by atoms with Crippen LogP contribution in [0.25, 0.3) is 0 Å². The van der Waals surface area contributed by atoms with Gasteiger partial charge in [-0.2, -0.15) is 13.2 Å². The van der Waals surface area contributed by atoms with Crippen molar-refractivity contribution in [3.8, 4) is 0 Å². The summed E-state index contributed by atoms with van der Waals surface area (Å²) in [6.45, 7) is 8.91. The number of carbonyl (C=O) groups excluding carboxylic acids is 1. The lowest BCUT2D eigenvalue weighted by Gasteiger charge is -2.38. The monoisotopic (exact) mass is 477 g/mol. The zero-order valence-corrected chi connectivity index (χ0v) is 20.0. The number of rotatable bonds is 9. The highest BCUT2D eigenvalue weighted by Gasteiger charge is 2.44. The number of hydrogen-bond donors (Lipinski definition) is 0. The summed E-state index contributed by atoms with van der Waals surface area (Å²) >= 11 is 0. The largest absolute Gasteiger partial charge is 0.490 e. The highest BCUT2D eigenvalue weighted by atomic mass is 32.2. The maximum Gasteiger partial charge on any atom is 0.490 e. The van der Waals surface area contributed by atoms with Crippen LogP contribution < -0.4 is 0 Å². The number of benzene rings is 1. The molecule has 1 fully saturated rings. The number of esters is 1. The van der Waals surface area contributed by atoms with Gasteiger partial charge in [0, 0.05) is 12.5 Å². The van der Waals surface area contributed by atoms with Crippen LogP contribution in [0, 0.1) is 11.8 Å². The standard InChI is InChI=1S/C23H34F3NO4S/c1-17(2)20(31-21(28)23(24,25)26)18-10-8-14-27(16-18)15-9-13-22(3,4)32(29,30)19-11-6-5-7-12-19/h5-7,11-12,17-18,20H,8-10,13-16H2,1-4H3. The van der Waals surface area contributed by atoms with Gasteiger partial charge in [0.1, 0.15) is 6.10 Å². The molecule has 2 atom stereocenters. The zero-order chi connectivity index (χ0) is 24.2. The quantitative estimate of drug-likeness (QED) is 0.475. The number of sulfone groups is 1. The lowest BCUT2D eigenvalue weighted by Crippen LogP contribution is -2.45. The summed E-state index contributed by atoms with van der Waals surface area (Å²) in [6, 6.07) is 8.37. The third-order valence-corrected chi connectivity index (χ3v) is 8.72. The molecule has 0 N–H and O–H groups in total. The Morgan fingerprint density at radius 3 is 2.38 bits per heavy atom. The molecule has 5 nitrogen and oxygen atoms in total. The molecule has 1 saturated heterocycles. The molecule has 32 heavy (non-hydrogen) atoms. The number of ether oxygens (including phenoxy) is 1. The van der Waals surface area contributed by atoms with E-state index >= 15 is 0 Å². The highest BCUT2D eigenvalue weighted by Crippen LogP contribution is 2.31. The predicted octanol–water partition coefficient (Wildman–Crippen LogP) is 4.86. The zero-order valence-electron chi connectivity index (χ0n) is 19.2. The van der Waals surface area contributed by atoms with E-state index in [2.05, 4.69) is 4.90 Å². The predicted molar refractivity (Wildman–Crippen MR) is 117 cm³/mol. The molecule has 1 aliphatic heterocycles. The molecule has 0 saturated carbocycles. The third-order valence-electron chi connectivity index (χ3n) is 6.17. The summed E-state index contributed by atoms with van der Waals surface area (Å²) in [6.07, 6.45) is -3.22. The minimum atomic E-state index is -5.00. The second kappa shape index (κ2) is 10.5. The summed E-state index contributed by atoms with van der Waals surface area (Å²) in [5, 5.41) is 0. The molecule has 1 aromatic carbocycles. The van der Waals surface area contributed by atoms with Gasteiger partial charge < -0.3 is 9.64 Å². The molecule has 1 aromatic rings. The van der Waals surface area contributed by atoms with Crippen LogP contribution in [0.2, 0.25) is 0 Å². The van der Waals surface area contributed by atoms with Crippen molar-refractivity contribution in [2.24, 2.45) is 11.8 Å². The van der Waals surface area contributed by atoms with Crippen molar-refractivity contribution in [1.82, 2.24) is 4.90 Å². The van der Waals surface area contributed by atoms with E-state index in [4.69, 9.17) is 4.74 Å². The van der Waals surface area contributed by atoms with Crippen molar-refractivity contribution in [2.45, 2.75) is 75.3 Å². The maximum absolute atomic E-state index is 13.0. The van der Waals surface area contributed by atoms with E-state index in [0.717, 1.165) is 13.0 Å². The molecule has 9 heteroatoms. The fraction of sp³-hybridized carbons (Fsp3) is 0.696. The van der Waals surface area contributed by atoms with E-state index in [1.807, 2.05) is 0 Å². The summed E-state index contributed by atoms with van der Waals surface area (Å²) in [5.74, 6) is -2.56. The molecular formula is C23H34F3NO4S. The Kier molecular flexibility index (Phi) is 8.78. The lowest BCUT2D eigenvalue weighted by atomic mass is 9.86. The molecule has 0 aromatic heterocycles. The van der Waals surface area contributed by atoms with Crippen LogP contribution >= 0.6 is 0 Å². The van der Waals surface area contributed by atoms with Crippen molar-refractivity contribution in [3.63, 3.8) is 0 Å². The first-order valence-electron chi connectivity index (χ1n) is 11.1. The summed E-state index contributed by atoms with van der Waals surface area (Å²) < 4.78 is 67.9. The minimum absolute atomic E-state index is 0.184. The number of likely N-dealkylation sites (tertiary alicyclic amines) is 1. The van der Waals surface area contributed by atoms with Crippen LogP contribution in [0.15, 0.2) is 35.2 Å². The summed E-state index contributed by atoms with van der Waals surface area (Å²) in [4.78, 5) is 13.8. The number of hydrogen-bond acceptors (Lipinski definition) is 5. The van der Waals surface area contributed by atoms with Crippen LogP contribution in [-0.2, 0) is 19.4 Å². The third kappa shape index (κ3) is 6.70. The second-order valence-electron chi connectivity index (χ2n) is 9.49. The van der Waals surface area contributed by atoms with E-state index in [1.165, 1.54) is 0 Å². The number of nitrogens with zero attached hydrogens (tertiary/aromatic N) is 1. The maximum atomic E-state index is 13.0. The summed E-state index contributed by atoms with van der Waals surface area (Å²) in [5.41, 5.74) is 0. The SMILES string of the molecule is CC(C)C(OC(=O)C(F)(F)F)C1CCCN(CCCC(C)(C)S(=O)(=O)c2ccccc2)C1. The Labute approximate surface area is 189 Å². The van der Waals surface area contributed by atoms with Crippen LogP contribution in [-0.4, -0.2) is 55.9 Å². The summed E-state index contributed by atoms with van der Waals surface area (Å²) in [7, 11) is -3.49. The van der Waals surface area contributed by atoms with Gasteiger partial charge in [-0.25, -0.2) is 13.2 Å². The molecule has 0 bridgehead atoms. The fourth-order valence-corrected chi connectivity index (χ4v) is 5.88. The molecule has 0 aliphatic carbocycles. The fourth-order valence-electron chi connectivity index (χ4n) is 4.31. The number of halogens is 3. The average molecular weight is 478 g/mol. The van der Waals surface area contributed by atoms with Gasteiger partial charge in [0.25, 0.3) is 0 Å². The Bertz CT molecular complexity index is 854. The van der Waals surface area contributed by atoms with Crippen molar-refractivity contribution >= 4 is 15.8 Å². The van der Waals surface area contributed by atoms with Crippen molar-refractivity contribution < 1.29 is 31.1 Å². The topological polar surface area (TPSA) is 63.7 Å². The first-order valence-corrected chi connectivity index (χ1v) is 12.5. The Morgan fingerprint density at radius 2 is 1.81 bits per heavy atom. The van der Waals surface area contributed by atoms with E-state index in [1.54, 1.807) is 58.0 Å². The van der Waals surface area contributed by atoms with Gasteiger partial charge >= 0.3 is 12.1 Å². The first-order chi connectivity index (χ1) is 14.8. The number of carbonyl (C=O) groups is 1. The van der Waals surface area contributed by atoms with Crippen LogP contribution in [0.3, 0.4) is 0 Å². The van der Waals surface area contributed by atoms with E-state index < -0.39 is 32.8 Å². The molecule has 0 spiro atoms. The molecule has 1 heterocycles. The van der Waals surface area contributed by atoms with Crippen molar-refractivity contribution in [1.29, 1.82) is 0 Å². The van der Waals surface area contributed by atoms with Gasteiger partial charge in [0.2, 0.25) is 0 Å². The van der Waals surface area contributed by atoms with Crippen LogP contribution in [0.5, 0.6) is 0 Å². The highest BCUT2D eigenvalue weighted by molar-refractivity contribution is 7.92.